The molecular formula is C24H21FN4O2S. The monoisotopic (exact) mass is 448 g/mol. The molecule has 1 fully saturated rings. The minimum absolute atomic E-state index is 0.0627. The number of rotatable bonds is 4. The Morgan fingerprint density at radius 3 is 2.59 bits per heavy atom. The van der Waals surface area contributed by atoms with Gasteiger partial charge in [-0.3, -0.25) is 4.79 Å². The Morgan fingerprint density at radius 2 is 1.78 bits per heavy atom. The molecular weight excluding hydrogens is 427 g/mol. The topological polar surface area (TPSA) is 62.5 Å². The fourth-order valence-corrected chi connectivity index (χ4v) is 4.59. The summed E-state index contributed by atoms with van der Waals surface area (Å²) in [6.45, 7) is 2.88. The number of carbonyl (C=O) groups is 1. The van der Waals surface area contributed by atoms with Gasteiger partial charge in [0, 0.05) is 43.3 Å². The highest BCUT2D eigenvalue weighted by atomic mass is 32.1. The Balaban J connectivity index is 1.39. The summed E-state index contributed by atoms with van der Waals surface area (Å²) in [5, 5.41) is 2.95. The molecule has 0 aliphatic carbocycles. The van der Waals surface area contributed by atoms with Crippen LogP contribution in [0, 0.1) is 5.82 Å². The Hall–Kier alpha value is -3.52. The molecule has 6 nitrogen and oxygen atoms in total. The second kappa shape index (κ2) is 8.92. The third kappa shape index (κ3) is 4.01. The minimum atomic E-state index is -0.381. The number of thiazole rings is 1. The van der Waals surface area contributed by atoms with Crippen LogP contribution in [0.1, 0.15) is 16.8 Å². The van der Waals surface area contributed by atoms with E-state index in [1.165, 1.54) is 12.3 Å². The molecule has 0 atom stereocenters. The van der Waals surface area contributed by atoms with Crippen molar-refractivity contribution in [1.29, 1.82) is 0 Å². The van der Waals surface area contributed by atoms with Crippen molar-refractivity contribution in [3.05, 3.63) is 77.7 Å². The van der Waals surface area contributed by atoms with Crippen LogP contribution >= 0.6 is 11.3 Å². The predicted molar refractivity (Wildman–Crippen MR) is 122 cm³/mol. The molecule has 4 aromatic rings. The van der Waals surface area contributed by atoms with Crippen molar-refractivity contribution < 1.29 is 13.6 Å². The molecule has 1 aliphatic heterocycles. The molecule has 0 radical (unpaired) electrons. The second-order valence-electron chi connectivity index (χ2n) is 7.50. The number of carbonyl (C=O) groups excluding carboxylic acids is 1. The summed E-state index contributed by atoms with van der Waals surface area (Å²) >= 11 is 1.61. The predicted octanol–water partition coefficient (Wildman–Crippen LogP) is 4.96. The first-order valence-corrected chi connectivity index (χ1v) is 11.3. The molecule has 0 spiro atoms. The summed E-state index contributed by atoms with van der Waals surface area (Å²) in [4.78, 5) is 26.3. The maximum absolute atomic E-state index is 14.2. The smallest absolute Gasteiger partial charge is 0.254 e. The van der Waals surface area contributed by atoms with Gasteiger partial charge in [-0.15, -0.1) is 11.3 Å². The van der Waals surface area contributed by atoms with E-state index in [2.05, 4.69) is 14.9 Å². The van der Waals surface area contributed by atoms with E-state index in [0.29, 0.717) is 41.4 Å². The van der Waals surface area contributed by atoms with Crippen LogP contribution in [0.2, 0.25) is 0 Å². The number of aromatic nitrogens is 2. The number of hydrogen-bond donors (Lipinski definition) is 0. The lowest BCUT2D eigenvalue weighted by Crippen LogP contribution is -2.35. The van der Waals surface area contributed by atoms with Gasteiger partial charge in [0.25, 0.3) is 5.91 Å². The Labute approximate surface area is 189 Å². The maximum Gasteiger partial charge on any atom is 0.254 e. The molecule has 0 bridgehead atoms. The van der Waals surface area contributed by atoms with Crippen molar-refractivity contribution in [2.45, 2.75) is 6.42 Å². The molecule has 32 heavy (non-hydrogen) atoms. The zero-order valence-electron chi connectivity index (χ0n) is 17.3. The number of amides is 1. The minimum Gasteiger partial charge on any atom is -0.436 e. The fraction of sp³-hybridized carbons (Fsp3) is 0.208. The number of hydrogen-bond acceptors (Lipinski definition) is 6. The molecule has 1 saturated heterocycles. The summed E-state index contributed by atoms with van der Waals surface area (Å²) < 4.78 is 20.0. The third-order valence-electron chi connectivity index (χ3n) is 5.51. The average molecular weight is 449 g/mol. The van der Waals surface area contributed by atoms with Crippen LogP contribution in [0.4, 0.5) is 9.52 Å². The largest absolute Gasteiger partial charge is 0.436 e. The van der Waals surface area contributed by atoms with Gasteiger partial charge in [-0.2, -0.15) is 0 Å². The number of nitrogens with zero attached hydrogens (tertiary/aromatic N) is 4. The number of halogens is 1. The molecule has 5 rings (SSSR count). The maximum atomic E-state index is 14.2. The highest BCUT2D eigenvalue weighted by Gasteiger charge is 2.25. The summed E-state index contributed by atoms with van der Waals surface area (Å²) in [7, 11) is 0. The van der Waals surface area contributed by atoms with E-state index in [-0.39, 0.29) is 11.7 Å². The normalized spacial score (nSPS) is 14.4. The van der Waals surface area contributed by atoms with Crippen LogP contribution in [-0.4, -0.2) is 47.0 Å². The van der Waals surface area contributed by atoms with Crippen LogP contribution in [0.5, 0.6) is 0 Å². The van der Waals surface area contributed by atoms with Gasteiger partial charge in [-0.05, 0) is 30.7 Å². The molecule has 1 aliphatic rings. The SMILES string of the molecule is O=C(c1ccccc1-c1ncc(-c2ccccc2F)o1)N1CCCN(c2nccs2)CC1. The zero-order valence-corrected chi connectivity index (χ0v) is 18.1. The first-order valence-electron chi connectivity index (χ1n) is 10.4. The fourth-order valence-electron chi connectivity index (χ4n) is 3.89. The Bertz CT molecular complexity index is 1220. The van der Waals surface area contributed by atoms with Gasteiger partial charge < -0.3 is 14.2 Å². The van der Waals surface area contributed by atoms with Crippen molar-refractivity contribution in [2.24, 2.45) is 0 Å². The summed E-state index contributed by atoms with van der Waals surface area (Å²) in [6, 6.07) is 13.7. The Morgan fingerprint density at radius 1 is 0.969 bits per heavy atom. The molecule has 162 valence electrons. The Kier molecular flexibility index (Phi) is 5.68. The van der Waals surface area contributed by atoms with Crippen LogP contribution < -0.4 is 4.90 Å². The van der Waals surface area contributed by atoms with Crippen molar-refractivity contribution in [2.75, 3.05) is 31.1 Å². The molecule has 3 heterocycles. The zero-order chi connectivity index (χ0) is 21.9. The van der Waals surface area contributed by atoms with E-state index in [9.17, 15) is 9.18 Å². The van der Waals surface area contributed by atoms with Crippen molar-refractivity contribution in [3.63, 3.8) is 0 Å². The van der Waals surface area contributed by atoms with E-state index < -0.39 is 0 Å². The van der Waals surface area contributed by atoms with E-state index >= 15 is 0 Å². The van der Waals surface area contributed by atoms with E-state index in [4.69, 9.17) is 4.42 Å². The van der Waals surface area contributed by atoms with Gasteiger partial charge in [0.1, 0.15) is 5.82 Å². The third-order valence-corrected chi connectivity index (χ3v) is 6.34. The first-order chi connectivity index (χ1) is 15.7. The van der Waals surface area contributed by atoms with E-state index in [1.54, 1.807) is 41.8 Å². The summed E-state index contributed by atoms with van der Waals surface area (Å²) in [5.41, 5.74) is 1.46. The molecule has 0 saturated carbocycles. The van der Waals surface area contributed by atoms with Crippen LogP contribution in [0.25, 0.3) is 22.8 Å². The first kappa shape index (κ1) is 20.4. The highest BCUT2D eigenvalue weighted by Crippen LogP contribution is 2.30. The second-order valence-corrected chi connectivity index (χ2v) is 8.38. The van der Waals surface area contributed by atoms with Gasteiger partial charge in [0.2, 0.25) is 5.89 Å². The highest BCUT2D eigenvalue weighted by molar-refractivity contribution is 7.13. The van der Waals surface area contributed by atoms with Gasteiger partial charge >= 0.3 is 0 Å². The van der Waals surface area contributed by atoms with Crippen LogP contribution in [-0.2, 0) is 0 Å². The lowest BCUT2D eigenvalue weighted by molar-refractivity contribution is 0.0767. The lowest BCUT2D eigenvalue weighted by atomic mass is 10.1. The molecule has 2 aromatic heterocycles. The van der Waals surface area contributed by atoms with Crippen LogP contribution in [0.3, 0.4) is 0 Å². The molecule has 1 amide bonds. The van der Waals surface area contributed by atoms with E-state index in [1.807, 2.05) is 28.5 Å². The van der Waals surface area contributed by atoms with Crippen molar-refractivity contribution >= 4 is 22.4 Å². The van der Waals surface area contributed by atoms with Crippen molar-refractivity contribution in [3.8, 4) is 22.8 Å². The molecule has 0 unspecified atom stereocenters. The van der Waals surface area contributed by atoms with Crippen molar-refractivity contribution in [1.82, 2.24) is 14.9 Å². The van der Waals surface area contributed by atoms with Gasteiger partial charge in [-0.1, -0.05) is 24.3 Å². The van der Waals surface area contributed by atoms with Crippen LogP contribution in [0.15, 0.2) is 70.7 Å². The summed E-state index contributed by atoms with van der Waals surface area (Å²) in [6.07, 6.45) is 4.16. The average Bonchev–Trinajstić information content (AvgIpc) is 3.47. The number of anilines is 1. The van der Waals surface area contributed by atoms with Gasteiger partial charge in [0.05, 0.1) is 17.3 Å². The van der Waals surface area contributed by atoms with Gasteiger partial charge in [-0.25, -0.2) is 14.4 Å². The number of benzene rings is 2. The molecule has 2 aromatic carbocycles. The lowest BCUT2D eigenvalue weighted by Gasteiger charge is -2.22. The quantitative estimate of drug-likeness (QED) is 0.442. The van der Waals surface area contributed by atoms with E-state index in [0.717, 1.165) is 24.6 Å². The standard InChI is InChI=1S/C24H21FN4O2S/c25-20-9-4-3-8-19(20)21-16-27-22(31-21)17-6-1-2-7-18(17)23(30)28-11-5-12-29(14-13-28)24-26-10-15-32-24/h1-4,6-10,15-16H,5,11-14H2. The molecule has 8 heteroatoms. The summed E-state index contributed by atoms with van der Waals surface area (Å²) in [5.74, 6) is 0.182. The van der Waals surface area contributed by atoms with Gasteiger partial charge in [0.15, 0.2) is 10.9 Å². The number of oxazole rings is 1. The molecule has 0 N–H and O–H groups in total.